The van der Waals surface area contributed by atoms with Crippen molar-refractivity contribution in [3.05, 3.63) is 53.6 Å². The molecule has 0 radical (unpaired) electrons. The standard InChI is InChI=1S/C14H11NO2/c1-9-5-4-6-10-13(9)17-12-8-3-2-7-11(12)15-14(10)16/h2-8H,1H3,(H,15,16). The first-order chi connectivity index (χ1) is 8.25. The molecule has 1 heterocycles. The zero-order valence-electron chi connectivity index (χ0n) is 9.36. The highest BCUT2D eigenvalue weighted by Gasteiger charge is 2.21. The Morgan fingerprint density at radius 1 is 1.06 bits per heavy atom. The fourth-order valence-electron chi connectivity index (χ4n) is 1.93. The van der Waals surface area contributed by atoms with Crippen molar-refractivity contribution in [2.75, 3.05) is 5.32 Å². The maximum absolute atomic E-state index is 12.0. The van der Waals surface area contributed by atoms with Gasteiger partial charge in [-0.15, -0.1) is 0 Å². The van der Waals surface area contributed by atoms with Crippen LogP contribution in [0.5, 0.6) is 11.5 Å². The smallest absolute Gasteiger partial charge is 0.259 e. The molecule has 1 amide bonds. The van der Waals surface area contributed by atoms with E-state index >= 15 is 0 Å². The summed E-state index contributed by atoms with van der Waals surface area (Å²) in [5.74, 6) is 1.18. The molecular formula is C14H11NO2. The van der Waals surface area contributed by atoms with E-state index in [2.05, 4.69) is 5.32 Å². The minimum absolute atomic E-state index is 0.131. The van der Waals surface area contributed by atoms with Crippen LogP contribution in [0.1, 0.15) is 15.9 Å². The largest absolute Gasteiger partial charge is 0.454 e. The lowest BCUT2D eigenvalue weighted by Gasteiger charge is -2.09. The van der Waals surface area contributed by atoms with Gasteiger partial charge in [0.25, 0.3) is 5.91 Å². The quantitative estimate of drug-likeness (QED) is 0.746. The zero-order valence-corrected chi connectivity index (χ0v) is 9.36. The Kier molecular flexibility index (Phi) is 2.11. The number of benzene rings is 2. The number of ether oxygens (including phenoxy) is 1. The van der Waals surface area contributed by atoms with Crippen LogP contribution in [0.2, 0.25) is 0 Å². The Hall–Kier alpha value is -2.29. The van der Waals surface area contributed by atoms with Crippen LogP contribution in [0.4, 0.5) is 5.69 Å². The Bertz CT molecular complexity index is 605. The lowest BCUT2D eigenvalue weighted by atomic mass is 10.1. The van der Waals surface area contributed by atoms with E-state index in [4.69, 9.17) is 4.74 Å². The molecule has 3 rings (SSSR count). The topological polar surface area (TPSA) is 38.3 Å². The summed E-state index contributed by atoms with van der Waals surface area (Å²) in [6.07, 6.45) is 0. The molecular weight excluding hydrogens is 214 g/mol. The number of para-hydroxylation sites is 3. The summed E-state index contributed by atoms with van der Waals surface area (Å²) >= 11 is 0. The van der Waals surface area contributed by atoms with Gasteiger partial charge in [-0.2, -0.15) is 0 Å². The van der Waals surface area contributed by atoms with Crippen molar-refractivity contribution in [1.29, 1.82) is 0 Å². The number of amides is 1. The number of nitrogens with one attached hydrogen (secondary N) is 1. The van der Waals surface area contributed by atoms with Crippen LogP contribution >= 0.6 is 0 Å². The molecule has 2 aromatic rings. The number of rotatable bonds is 0. The third-order valence-corrected chi connectivity index (χ3v) is 2.80. The summed E-state index contributed by atoms with van der Waals surface area (Å²) in [4.78, 5) is 12.0. The summed E-state index contributed by atoms with van der Waals surface area (Å²) in [7, 11) is 0. The number of hydrogen-bond acceptors (Lipinski definition) is 2. The average molecular weight is 225 g/mol. The fraction of sp³-hybridized carbons (Fsp3) is 0.0714. The normalized spacial score (nSPS) is 12.9. The first-order valence-corrected chi connectivity index (χ1v) is 5.43. The Balaban J connectivity index is 2.22. The molecule has 1 aliphatic heterocycles. The van der Waals surface area contributed by atoms with E-state index in [1.54, 1.807) is 6.07 Å². The minimum Gasteiger partial charge on any atom is -0.454 e. The second-order valence-corrected chi connectivity index (χ2v) is 4.00. The van der Waals surface area contributed by atoms with Crippen LogP contribution in [0, 0.1) is 6.92 Å². The predicted octanol–water partition coefficient (Wildman–Crippen LogP) is 3.35. The highest BCUT2D eigenvalue weighted by molar-refractivity contribution is 6.08. The molecule has 0 bridgehead atoms. The molecule has 84 valence electrons. The van der Waals surface area contributed by atoms with Crippen molar-refractivity contribution in [1.82, 2.24) is 0 Å². The van der Waals surface area contributed by atoms with Crippen molar-refractivity contribution in [3.8, 4) is 11.5 Å². The van der Waals surface area contributed by atoms with Crippen LogP contribution in [0.3, 0.4) is 0 Å². The maximum atomic E-state index is 12.0. The summed E-state index contributed by atoms with van der Waals surface area (Å²) in [6, 6.07) is 13.0. The fourth-order valence-corrected chi connectivity index (χ4v) is 1.93. The van der Waals surface area contributed by atoms with E-state index in [1.165, 1.54) is 0 Å². The number of fused-ring (bicyclic) bond motifs is 2. The van der Waals surface area contributed by atoms with Crippen molar-refractivity contribution < 1.29 is 9.53 Å². The summed E-state index contributed by atoms with van der Waals surface area (Å²) in [6.45, 7) is 1.93. The highest BCUT2D eigenvalue weighted by Crippen LogP contribution is 2.36. The summed E-state index contributed by atoms with van der Waals surface area (Å²) < 4.78 is 5.82. The van der Waals surface area contributed by atoms with Crippen molar-refractivity contribution in [2.24, 2.45) is 0 Å². The number of hydrogen-bond donors (Lipinski definition) is 1. The van der Waals surface area contributed by atoms with Gasteiger partial charge in [-0.1, -0.05) is 24.3 Å². The van der Waals surface area contributed by atoms with E-state index < -0.39 is 0 Å². The number of carbonyl (C=O) groups is 1. The van der Waals surface area contributed by atoms with Gasteiger partial charge in [0.2, 0.25) is 0 Å². The van der Waals surface area contributed by atoms with Crippen molar-refractivity contribution >= 4 is 11.6 Å². The monoisotopic (exact) mass is 225 g/mol. The van der Waals surface area contributed by atoms with Crippen molar-refractivity contribution in [2.45, 2.75) is 6.92 Å². The molecule has 1 aliphatic rings. The van der Waals surface area contributed by atoms with Gasteiger partial charge < -0.3 is 10.1 Å². The van der Waals surface area contributed by atoms with E-state index in [0.717, 1.165) is 5.56 Å². The molecule has 0 atom stereocenters. The zero-order chi connectivity index (χ0) is 11.8. The number of aryl methyl sites for hydroxylation is 1. The first kappa shape index (κ1) is 9.90. The molecule has 0 saturated heterocycles. The van der Waals surface area contributed by atoms with Gasteiger partial charge in [-0.05, 0) is 30.7 Å². The molecule has 0 aromatic heterocycles. The van der Waals surface area contributed by atoms with Crippen LogP contribution in [-0.2, 0) is 0 Å². The molecule has 1 N–H and O–H groups in total. The molecule has 0 fully saturated rings. The molecule has 17 heavy (non-hydrogen) atoms. The van der Waals surface area contributed by atoms with Gasteiger partial charge in [0, 0.05) is 0 Å². The third kappa shape index (κ3) is 1.56. The number of carbonyl (C=O) groups excluding carboxylic acids is 1. The molecule has 2 aromatic carbocycles. The SMILES string of the molecule is Cc1cccc2c1Oc1ccccc1NC2=O. The van der Waals surface area contributed by atoms with Gasteiger partial charge in [0.1, 0.15) is 5.75 Å². The molecule has 0 aliphatic carbocycles. The average Bonchev–Trinajstić information content (AvgIpc) is 2.47. The molecule has 3 nitrogen and oxygen atoms in total. The van der Waals surface area contributed by atoms with Crippen molar-refractivity contribution in [3.63, 3.8) is 0 Å². The lowest BCUT2D eigenvalue weighted by Crippen LogP contribution is -2.10. The third-order valence-electron chi connectivity index (χ3n) is 2.80. The van der Waals surface area contributed by atoms with E-state index in [-0.39, 0.29) is 5.91 Å². The highest BCUT2D eigenvalue weighted by atomic mass is 16.5. The van der Waals surface area contributed by atoms with Gasteiger partial charge in [0.05, 0.1) is 11.3 Å². The summed E-state index contributed by atoms with van der Waals surface area (Å²) in [5, 5.41) is 2.84. The summed E-state index contributed by atoms with van der Waals surface area (Å²) in [5.41, 5.74) is 2.23. The maximum Gasteiger partial charge on any atom is 0.259 e. The Morgan fingerprint density at radius 2 is 1.88 bits per heavy atom. The molecule has 0 spiro atoms. The van der Waals surface area contributed by atoms with Gasteiger partial charge in [-0.25, -0.2) is 0 Å². The molecule has 0 unspecified atom stereocenters. The van der Waals surface area contributed by atoms with Crippen LogP contribution in [0.15, 0.2) is 42.5 Å². The molecule has 3 heteroatoms. The Morgan fingerprint density at radius 3 is 2.76 bits per heavy atom. The van der Waals surface area contributed by atoms with E-state index in [9.17, 15) is 4.79 Å². The molecule has 0 saturated carbocycles. The van der Waals surface area contributed by atoms with Gasteiger partial charge >= 0.3 is 0 Å². The van der Waals surface area contributed by atoms with Crippen LogP contribution < -0.4 is 10.1 Å². The van der Waals surface area contributed by atoms with E-state index in [1.807, 2.05) is 43.3 Å². The van der Waals surface area contributed by atoms with Crippen LogP contribution in [0.25, 0.3) is 0 Å². The Labute approximate surface area is 99.0 Å². The predicted molar refractivity (Wildman–Crippen MR) is 65.6 cm³/mol. The van der Waals surface area contributed by atoms with Gasteiger partial charge in [0.15, 0.2) is 5.75 Å². The lowest BCUT2D eigenvalue weighted by molar-refractivity contribution is 0.102. The second kappa shape index (κ2) is 3.63. The van der Waals surface area contributed by atoms with Gasteiger partial charge in [-0.3, -0.25) is 4.79 Å². The first-order valence-electron chi connectivity index (χ1n) is 5.43. The second-order valence-electron chi connectivity index (χ2n) is 4.00. The van der Waals surface area contributed by atoms with Crippen LogP contribution in [-0.4, -0.2) is 5.91 Å². The number of anilines is 1. The minimum atomic E-state index is -0.131. The van der Waals surface area contributed by atoms with E-state index in [0.29, 0.717) is 22.7 Å².